The lowest BCUT2D eigenvalue weighted by molar-refractivity contribution is -0.384. The van der Waals surface area contributed by atoms with E-state index in [9.17, 15) is 19.7 Å². The fraction of sp³-hybridized carbons (Fsp3) is 0.467. The van der Waals surface area contributed by atoms with Gasteiger partial charge >= 0.3 is 5.97 Å². The molecule has 0 amide bonds. The van der Waals surface area contributed by atoms with Crippen LogP contribution < -0.4 is 4.90 Å². The number of hydrogen-bond donors (Lipinski definition) is 0. The molecule has 0 N–H and O–H groups in total. The van der Waals surface area contributed by atoms with Crippen molar-refractivity contribution in [1.82, 2.24) is 0 Å². The van der Waals surface area contributed by atoms with E-state index in [0.29, 0.717) is 32.0 Å². The third-order valence-electron chi connectivity index (χ3n) is 3.62. The monoisotopic (exact) mass is 322 g/mol. The highest BCUT2D eigenvalue weighted by molar-refractivity contribution is 5.93. The van der Waals surface area contributed by atoms with Crippen LogP contribution in [0, 0.1) is 10.1 Å². The van der Waals surface area contributed by atoms with Crippen molar-refractivity contribution in [2.45, 2.75) is 20.0 Å². The van der Waals surface area contributed by atoms with Crippen LogP contribution in [0.2, 0.25) is 0 Å². The van der Waals surface area contributed by atoms with Gasteiger partial charge in [-0.15, -0.1) is 0 Å². The topological polar surface area (TPSA) is 99.0 Å². The molecule has 0 spiro atoms. The first kappa shape index (κ1) is 16.9. The molecule has 1 aliphatic heterocycles. The van der Waals surface area contributed by atoms with Crippen LogP contribution in [-0.4, -0.2) is 49.1 Å². The quantitative estimate of drug-likeness (QED) is 0.461. The Balaban J connectivity index is 2.26. The fourth-order valence-electron chi connectivity index (χ4n) is 2.18. The number of carbonyl (C=O) groups is 2. The lowest BCUT2D eigenvalue weighted by Crippen LogP contribution is -2.36. The normalized spacial score (nSPS) is 15.8. The first-order chi connectivity index (χ1) is 10.9. The fourth-order valence-corrected chi connectivity index (χ4v) is 2.18. The number of Topliss-reactive ketones (excluding diaryl/α,β-unsaturated/α-hetero) is 1. The van der Waals surface area contributed by atoms with Crippen molar-refractivity contribution < 1.29 is 24.0 Å². The van der Waals surface area contributed by atoms with Crippen LogP contribution in [0.3, 0.4) is 0 Å². The number of carbonyl (C=O) groups excluding carboxylic acids is 2. The zero-order valence-corrected chi connectivity index (χ0v) is 13.0. The average molecular weight is 322 g/mol. The zero-order valence-electron chi connectivity index (χ0n) is 13.0. The van der Waals surface area contributed by atoms with Crippen molar-refractivity contribution in [2.75, 3.05) is 31.2 Å². The van der Waals surface area contributed by atoms with Crippen LogP contribution in [0.25, 0.3) is 0 Å². The van der Waals surface area contributed by atoms with Crippen LogP contribution in [0.4, 0.5) is 11.4 Å². The number of esters is 1. The molecule has 124 valence electrons. The average Bonchev–Trinajstić information content (AvgIpc) is 2.54. The van der Waals surface area contributed by atoms with Gasteiger partial charge in [0.05, 0.1) is 23.7 Å². The van der Waals surface area contributed by atoms with Crippen molar-refractivity contribution in [1.29, 1.82) is 0 Å². The SMILES string of the molecule is CC(=O)C(C)OC(=O)c1ccc(N2CCOCC2)c([N+](=O)[O-])c1. The molecule has 8 nitrogen and oxygen atoms in total. The smallest absolute Gasteiger partial charge is 0.339 e. The Morgan fingerprint density at radius 1 is 1.35 bits per heavy atom. The third kappa shape index (κ3) is 4.04. The van der Waals surface area contributed by atoms with E-state index in [0.717, 1.165) is 0 Å². The summed E-state index contributed by atoms with van der Waals surface area (Å²) in [5.41, 5.74) is 0.313. The van der Waals surface area contributed by atoms with Crippen LogP contribution in [0.15, 0.2) is 18.2 Å². The number of nitrogens with zero attached hydrogens (tertiary/aromatic N) is 2. The molecular weight excluding hydrogens is 304 g/mol. The molecule has 1 aromatic rings. The van der Waals surface area contributed by atoms with Crippen LogP contribution in [0.1, 0.15) is 24.2 Å². The Kier molecular flexibility index (Phi) is 5.28. The van der Waals surface area contributed by atoms with Gasteiger partial charge in [0.1, 0.15) is 5.69 Å². The molecule has 23 heavy (non-hydrogen) atoms. The second kappa shape index (κ2) is 7.19. The molecule has 1 aliphatic rings. The molecule has 0 aliphatic carbocycles. The molecule has 1 aromatic carbocycles. The van der Waals surface area contributed by atoms with Gasteiger partial charge in [0.15, 0.2) is 11.9 Å². The number of benzene rings is 1. The number of hydrogen-bond acceptors (Lipinski definition) is 7. The summed E-state index contributed by atoms with van der Waals surface area (Å²) in [5.74, 6) is -1.05. The van der Waals surface area contributed by atoms with Gasteiger partial charge in [0, 0.05) is 19.2 Å². The van der Waals surface area contributed by atoms with Gasteiger partial charge in [-0.25, -0.2) is 4.79 Å². The van der Waals surface area contributed by atoms with Crippen molar-refractivity contribution in [3.05, 3.63) is 33.9 Å². The molecule has 1 saturated heterocycles. The van der Waals surface area contributed by atoms with E-state index in [2.05, 4.69) is 0 Å². The van der Waals surface area contributed by atoms with Crippen LogP contribution >= 0.6 is 0 Å². The summed E-state index contributed by atoms with van der Waals surface area (Å²) in [6.45, 7) is 4.85. The maximum atomic E-state index is 12.0. The first-order valence-corrected chi connectivity index (χ1v) is 7.22. The largest absolute Gasteiger partial charge is 0.451 e. The molecule has 0 radical (unpaired) electrons. The molecular formula is C15H18N2O6. The lowest BCUT2D eigenvalue weighted by atomic mass is 10.1. The zero-order chi connectivity index (χ0) is 17.0. The first-order valence-electron chi connectivity index (χ1n) is 7.22. The Morgan fingerprint density at radius 3 is 2.57 bits per heavy atom. The summed E-state index contributed by atoms with van der Waals surface area (Å²) in [5, 5.41) is 11.3. The third-order valence-corrected chi connectivity index (χ3v) is 3.62. The van der Waals surface area contributed by atoms with Crippen LogP contribution in [-0.2, 0) is 14.3 Å². The molecule has 0 aromatic heterocycles. The Hall–Kier alpha value is -2.48. The predicted octanol–water partition coefficient (Wildman–Crippen LogP) is 1.57. The molecule has 1 fully saturated rings. The molecule has 1 atom stereocenters. The second-order valence-corrected chi connectivity index (χ2v) is 5.22. The number of ether oxygens (including phenoxy) is 2. The minimum atomic E-state index is -0.888. The van der Waals surface area contributed by atoms with Crippen molar-refractivity contribution in [3.63, 3.8) is 0 Å². The van der Waals surface area contributed by atoms with E-state index in [1.165, 1.54) is 32.0 Å². The minimum absolute atomic E-state index is 0.0433. The van der Waals surface area contributed by atoms with Gasteiger partial charge in [-0.05, 0) is 26.0 Å². The van der Waals surface area contributed by atoms with E-state index >= 15 is 0 Å². The summed E-state index contributed by atoms with van der Waals surface area (Å²) >= 11 is 0. The Bertz CT molecular complexity index is 624. The van der Waals surface area contributed by atoms with Crippen molar-refractivity contribution in [3.8, 4) is 0 Å². The van der Waals surface area contributed by atoms with Gasteiger partial charge in [-0.3, -0.25) is 14.9 Å². The molecule has 8 heteroatoms. The predicted molar refractivity (Wildman–Crippen MR) is 81.7 cm³/mol. The number of nitro benzene ring substituents is 1. The lowest BCUT2D eigenvalue weighted by Gasteiger charge is -2.28. The van der Waals surface area contributed by atoms with Gasteiger partial charge in [0.2, 0.25) is 0 Å². The highest BCUT2D eigenvalue weighted by Crippen LogP contribution is 2.30. The summed E-state index contributed by atoms with van der Waals surface area (Å²) < 4.78 is 10.2. The second-order valence-electron chi connectivity index (χ2n) is 5.22. The molecule has 1 unspecified atom stereocenters. The number of ketones is 1. The molecule has 0 saturated carbocycles. The number of rotatable bonds is 5. The summed E-state index contributed by atoms with van der Waals surface area (Å²) in [4.78, 5) is 35.8. The number of morpholine rings is 1. The van der Waals surface area contributed by atoms with E-state index in [4.69, 9.17) is 9.47 Å². The number of anilines is 1. The highest BCUT2D eigenvalue weighted by Gasteiger charge is 2.24. The van der Waals surface area contributed by atoms with E-state index < -0.39 is 17.0 Å². The number of nitro groups is 1. The van der Waals surface area contributed by atoms with Gasteiger partial charge in [0.25, 0.3) is 5.69 Å². The van der Waals surface area contributed by atoms with E-state index in [1.807, 2.05) is 4.90 Å². The van der Waals surface area contributed by atoms with Crippen molar-refractivity contribution >= 4 is 23.1 Å². The maximum absolute atomic E-state index is 12.0. The van der Waals surface area contributed by atoms with Crippen molar-refractivity contribution in [2.24, 2.45) is 0 Å². The molecule has 0 bridgehead atoms. The van der Waals surface area contributed by atoms with E-state index in [1.54, 1.807) is 0 Å². The Labute approximate surface area is 133 Å². The summed E-state index contributed by atoms with van der Waals surface area (Å²) in [6, 6.07) is 4.17. The standard InChI is InChI=1S/C15H18N2O6/c1-10(18)11(2)23-15(19)12-3-4-13(14(9-12)17(20)21)16-5-7-22-8-6-16/h3-4,9,11H,5-8H2,1-2H3. The van der Waals surface area contributed by atoms with Gasteiger partial charge in [-0.2, -0.15) is 0 Å². The Morgan fingerprint density at radius 2 is 2.00 bits per heavy atom. The van der Waals surface area contributed by atoms with Gasteiger partial charge in [-0.1, -0.05) is 0 Å². The molecule has 1 heterocycles. The molecule has 2 rings (SSSR count). The maximum Gasteiger partial charge on any atom is 0.339 e. The van der Waals surface area contributed by atoms with Gasteiger partial charge < -0.3 is 14.4 Å². The van der Waals surface area contributed by atoms with Crippen LogP contribution in [0.5, 0.6) is 0 Å². The summed E-state index contributed by atoms with van der Waals surface area (Å²) in [6.07, 6.45) is -0.888. The summed E-state index contributed by atoms with van der Waals surface area (Å²) in [7, 11) is 0. The van der Waals surface area contributed by atoms with E-state index in [-0.39, 0.29) is 17.0 Å². The minimum Gasteiger partial charge on any atom is -0.451 e. The highest BCUT2D eigenvalue weighted by atomic mass is 16.6.